The van der Waals surface area contributed by atoms with Gasteiger partial charge in [0, 0.05) is 24.6 Å². The molecule has 0 saturated heterocycles. The van der Waals surface area contributed by atoms with Crippen LogP contribution in [-0.2, 0) is 11.3 Å². The van der Waals surface area contributed by atoms with Crippen molar-refractivity contribution >= 4 is 29.0 Å². The molecule has 1 N–H and O–H groups in total. The highest BCUT2D eigenvalue weighted by molar-refractivity contribution is 7.99. The molecule has 1 aliphatic carbocycles. The van der Waals surface area contributed by atoms with Crippen LogP contribution in [0.1, 0.15) is 43.8 Å². The van der Waals surface area contributed by atoms with Crippen molar-refractivity contribution in [3.8, 4) is 0 Å². The molecule has 2 aromatic rings. The minimum atomic E-state index is -0.733. The summed E-state index contributed by atoms with van der Waals surface area (Å²) in [6.45, 7) is 4.33. The molecule has 154 valence electrons. The van der Waals surface area contributed by atoms with Gasteiger partial charge in [-0.15, -0.1) is 16.8 Å². The van der Waals surface area contributed by atoms with Gasteiger partial charge in [-0.2, -0.15) is 0 Å². The normalized spacial score (nSPS) is 14.5. The molecule has 10 heteroatoms. The third kappa shape index (κ3) is 5.20. The lowest BCUT2D eigenvalue weighted by molar-refractivity contribution is -0.384. The molecule has 0 unspecified atom stereocenters. The maximum absolute atomic E-state index is 13.8. The minimum absolute atomic E-state index is 0.0257. The number of hydrogen-bond acceptors (Lipinski definition) is 6. The van der Waals surface area contributed by atoms with Gasteiger partial charge < -0.3 is 9.88 Å². The van der Waals surface area contributed by atoms with Crippen molar-refractivity contribution in [1.29, 1.82) is 0 Å². The molecule has 0 atom stereocenters. The molecule has 1 amide bonds. The summed E-state index contributed by atoms with van der Waals surface area (Å²) in [6, 6.07) is 3.00. The van der Waals surface area contributed by atoms with Crippen molar-refractivity contribution in [3.63, 3.8) is 0 Å². The SMILES string of the molecule is C=CCn1c(SCC(=O)Nc2cc([N+](=O)[O-])ccc2F)nnc1C1CCCCC1. The van der Waals surface area contributed by atoms with E-state index >= 15 is 0 Å². The number of nitro groups is 1. The molecule has 0 bridgehead atoms. The molecule has 1 fully saturated rings. The van der Waals surface area contributed by atoms with Gasteiger partial charge in [-0.1, -0.05) is 37.1 Å². The number of thioether (sulfide) groups is 1. The summed E-state index contributed by atoms with van der Waals surface area (Å²) >= 11 is 1.19. The van der Waals surface area contributed by atoms with Crippen molar-refractivity contribution < 1.29 is 14.1 Å². The average molecular weight is 419 g/mol. The van der Waals surface area contributed by atoms with Gasteiger partial charge in [0.15, 0.2) is 5.16 Å². The molecular weight excluding hydrogens is 397 g/mol. The Labute approximate surface area is 171 Å². The number of amides is 1. The molecule has 1 aromatic carbocycles. The highest BCUT2D eigenvalue weighted by Crippen LogP contribution is 2.33. The fraction of sp³-hybridized carbons (Fsp3) is 0.421. The number of non-ortho nitro benzene ring substituents is 1. The number of nitro benzene ring substituents is 1. The van der Waals surface area contributed by atoms with Gasteiger partial charge >= 0.3 is 0 Å². The summed E-state index contributed by atoms with van der Waals surface area (Å²) in [7, 11) is 0. The standard InChI is InChI=1S/C19H22FN5O3S/c1-2-10-24-18(13-6-4-3-5-7-13)22-23-19(24)29-12-17(26)21-16-11-14(25(27)28)8-9-15(16)20/h2,8-9,11,13H,1,3-7,10,12H2,(H,21,26). The van der Waals surface area contributed by atoms with Gasteiger partial charge in [0.25, 0.3) is 5.69 Å². The third-order valence-corrected chi connectivity index (χ3v) is 5.76. The molecule has 1 saturated carbocycles. The maximum atomic E-state index is 13.8. The predicted molar refractivity (Wildman–Crippen MR) is 108 cm³/mol. The van der Waals surface area contributed by atoms with Crippen molar-refractivity contribution in [3.05, 3.63) is 52.6 Å². The van der Waals surface area contributed by atoms with Crippen molar-refractivity contribution in [2.24, 2.45) is 0 Å². The Morgan fingerprint density at radius 3 is 2.83 bits per heavy atom. The van der Waals surface area contributed by atoms with Crippen molar-refractivity contribution in [1.82, 2.24) is 14.8 Å². The lowest BCUT2D eigenvalue weighted by atomic mass is 9.89. The highest BCUT2D eigenvalue weighted by Gasteiger charge is 2.23. The lowest BCUT2D eigenvalue weighted by Crippen LogP contribution is -2.16. The Morgan fingerprint density at radius 2 is 2.14 bits per heavy atom. The van der Waals surface area contributed by atoms with E-state index in [-0.39, 0.29) is 17.1 Å². The van der Waals surface area contributed by atoms with E-state index in [1.54, 1.807) is 6.08 Å². The molecule has 1 aromatic heterocycles. The van der Waals surface area contributed by atoms with Crippen LogP contribution in [0, 0.1) is 15.9 Å². The number of aromatic nitrogens is 3. The van der Waals surface area contributed by atoms with Gasteiger partial charge in [-0.3, -0.25) is 14.9 Å². The number of anilines is 1. The van der Waals surface area contributed by atoms with Crippen molar-refractivity contribution in [2.45, 2.75) is 49.7 Å². The molecule has 1 heterocycles. The number of halogens is 1. The van der Waals surface area contributed by atoms with E-state index in [1.807, 2.05) is 4.57 Å². The Kier molecular flexibility index (Phi) is 6.97. The number of hydrogen-bond donors (Lipinski definition) is 1. The smallest absolute Gasteiger partial charge is 0.271 e. The van der Waals surface area contributed by atoms with E-state index in [9.17, 15) is 19.3 Å². The van der Waals surface area contributed by atoms with Crippen LogP contribution >= 0.6 is 11.8 Å². The van der Waals surface area contributed by atoms with Gasteiger partial charge in [-0.05, 0) is 18.9 Å². The number of carbonyl (C=O) groups excluding carboxylic acids is 1. The van der Waals surface area contributed by atoms with Crippen LogP contribution in [0.4, 0.5) is 15.8 Å². The molecule has 29 heavy (non-hydrogen) atoms. The second kappa shape index (κ2) is 9.64. The molecule has 0 spiro atoms. The van der Waals surface area contributed by atoms with Crippen LogP contribution in [0.25, 0.3) is 0 Å². The average Bonchev–Trinajstić information content (AvgIpc) is 3.11. The van der Waals surface area contributed by atoms with E-state index in [0.717, 1.165) is 36.9 Å². The third-order valence-electron chi connectivity index (χ3n) is 4.79. The molecule has 1 aliphatic rings. The number of rotatable bonds is 8. The van der Waals surface area contributed by atoms with Gasteiger partial charge in [0.1, 0.15) is 11.6 Å². The van der Waals surface area contributed by atoms with Crippen LogP contribution in [0.15, 0.2) is 36.0 Å². The van der Waals surface area contributed by atoms with Gasteiger partial charge in [0.2, 0.25) is 5.91 Å². The first-order chi connectivity index (χ1) is 14.0. The van der Waals surface area contributed by atoms with Crippen LogP contribution in [0.2, 0.25) is 0 Å². The largest absolute Gasteiger partial charge is 0.323 e. The van der Waals surface area contributed by atoms with E-state index < -0.39 is 16.6 Å². The monoisotopic (exact) mass is 419 g/mol. The van der Waals surface area contributed by atoms with E-state index in [0.29, 0.717) is 17.6 Å². The minimum Gasteiger partial charge on any atom is -0.323 e. The van der Waals surface area contributed by atoms with Gasteiger partial charge in [0.05, 0.1) is 16.4 Å². The molecule has 0 radical (unpaired) electrons. The summed E-state index contributed by atoms with van der Waals surface area (Å²) in [5.74, 6) is 0.0305. The quantitative estimate of drug-likeness (QED) is 0.296. The first-order valence-electron chi connectivity index (χ1n) is 9.40. The number of allylic oxidation sites excluding steroid dienone is 1. The number of benzene rings is 1. The van der Waals surface area contributed by atoms with E-state index in [2.05, 4.69) is 22.1 Å². The second-order valence-electron chi connectivity index (χ2n) is 6.83. The highest BCUT2D eigenvalue weighted by atomic mass is 32.2. The molecule has 3 rings (SSSR count). The van der Waals surface area contributed by atoms with Crippen LogP contribution in [0.5, 0.6) is 0 Å². The Balaban J connectivity index is 1.67. The van der Waals surface area contributed by atoms with Crippen LogP contribution in [-0.4, -0.2) is 31.3 Å². The fourth-order valence-corrected chi connectivity index (χ4v) is 4.16. The topological polar surface area (TPSA) is 103 Å². The fourth-order valence-electron chi connectivity index (χ4n) is 3.41. The lowest BCUT2D eigenvalue weighted by Gasteiger charge is -2.21. The summed E-state index contributed by atoms with van der Waals surface area (Å²) in [5.41, 5.74) is -0.516. The Bertz CT molecular complexity index is 911. The zero-order chi connectivity index (χ0) is 20.8. The van der Waals surface area contributed by atoms with E-state index in [1.165, 1.54) is 31.0 Å². The van der Waals surface area contributed by atoms with Gasteiger partial charge in [-0.25, -0.2) is 4.39 Å². The summed E-state index contributed by atoms with van der Waals surface area (Å²) in [4.78, 5) is 22.4. The molecule has 8 nitrogen and oxygen atoms in total. The predicted octanol–water partition coefficient (Wildman–Crippen LogP) is 4.29. The van der Waals surface area contributed by atoms with Crippen LogP contribution in [0.3, 0.4) is 0 Å². The van der Waals surface area contributed by atoms with E-state index in [4.69, 9.17) is 0 Å². The second-order valence-corrected chi connectivity index (χ2v) is 7.78. The first-order valence-corrected chi connectivity index (χ1v) is 10.4. The maximum Gasteiger partial charge on any atom is 0.271 e. The van der Waals surface area contributed by atoms with Crippen molar-refractivity contribution in [2.75, 3.05) is 11.1 Å². The summed E-state index contributed by atoms with van der Waals surface area (Å²) < 4.78 is 15.8. The first kappa shape index (κ1) is 21.0. The summed E-state index contributed by atoms with van der Waals surface area (Å²) in [6.07, 6.45) is 7.50. The number of nitrogens with zero attached hydrogens (tertiary/aromatic N) is 4. The summed E-state index contributed by atoms with van der Waals surface area (Å²) in [5, 5.41) is 22.4. The Hall–Kier alpha value is -2.75. The molecular formula is C19H22FN5O3S. The van der Waals surface area contributed by atoms with Crippen LogP contribution < -0.4 is 5.32 Å². The number of nitrogens with one attached hydrogen (secondary N) is 1. The molecule has 0 aliphatic heterocycles. The Morgan fingerprint density at radius 1 is 1.38 bits per heavy atom. The zero-order valence-corrected chi connectivity index (χ0v) is 16.7. The zero-order valence-electron chi connectivity index (χ0n) is 15.8. The number of carbonyl (C=O) groups is 1.